The van der Waals surface area contributed by atoms with Crippen molar-refractivity contribution in [2.24, 2.45) is 0 Å². The van der Waals surface area contributed by atoms with Crippen LogP contribution in [0.2, 0.25) is 0 Å². The number of carbonyl (C=O) groups is 1. The Morgan fingerprint density at radius 1 is 1.21 bits per heavy atom. The number of halogens is 1. The van der Waals surface area contributed by atoms with Gasteiger partial charge in [0.1, 0.15) is 17.2 Å². The largest absolute Gasteiger partial charge is 0.496 e. The summed E-state index contributed by atoms with van der Waals surface area (Å²) in [6.45, 7) is 1.56. The monoisotopic (exact) mass is 394 g/mol. The van der Waals surface area contributed by atoms with Crippen molar-refractivity contribution >= 4 is 33.2 Å². The summed E-state index contributed by atoms with van der Waals surface area (Å²) in [5.74, 6) is 0.357. The molecule has 0 saturated carbocycles. The highest BCUT2D eigenvalue weighted by Crippen LogP contribution is 2.29. The lowest BCUT2D eigenvalue weighted by atomic mass is 10.2. The molecule has 1 amide bonds. The molecule has 0 aromatic heterocycles. The highest BCUT2D eigenvalue weighted by molar-refractivity contribution is 9.10. The van der Waals surface area contributed by atoms with Gasteiger partial charge in [-0.1, -0.05) is 15.9 Å². The molecule has 1 atom stereocenters. The molecule has 1 unspecified atom stereocenters. The van der Waals surface area contributed by atoms with Crippen molar-refractivity contribution < 1.29 is 19.2 Å². The van der Waals surface area contributed by atoms with Crippen molar-refractivity contribution in [3.63, 3.8) is 0 Å². The normalized spacial score (nSPS) is 11.5. The van der Waals surface area contributed by atoms with E-state index in [1.807, 2.05) is 0 Å². The first-order valence-corrected chi connectivity index (χ1v) is 7.75. The molecule has 126 valence electrons. The van der Waals surface area contributed by atoms with E-state index in [-0.39, 0.29) is 11.4 Å². The molecule has 24 heavy (non-hydrogen) atoms. The van der Waals surface area contributed by atoms with Gasteiger partial charge in [-0.15, -0.1) is 0 Å². The Labute approximate surface area is 146 Å². The smallest absolute Gasteiger partial charge is 0.296 e. The summed E-state index contributed by atoms with van der Waals surface area (Å²) >= 11 is 3.31. The maximum absolute atomic E-state index is 12.2. The van der Waals surface area contributed by atoms with Crippen LogP contribution in [0.5, 0.6) is 11.5 Å². The van der Waals surface area contributed by atoms with Crippen LogP contribution in [0.25, 0.3) is 0 Å². The maximum atomic E-state index is 12.2. The van der Waals surface area contributed by atoms with Crippen molar-refractivity contribution in [3.05, 3.63) is 57.1 Å². The molecule has 0 aliphatic carbocycles. The lowest BCUT2D eigenvalue weighted by Gasteiger charge is -2.15. The first kappa shape index (κ1) is 17.7. The summed E-state index contributed by atoms with van der Waals surface area (Å²) in [6.07, 6.45) is -0.826. The first-order chi connectivity index (χ1) is 11.4. The zero-order chi connectivity index (χ0) is 17.7. The van der Waals surface area contributed by atoms with Gasteiger partial charge in [0.2, 0.25) is 0 Å². The highest BCUT2D eigenvalue weighted by Gasteiger charge is 2.21. The molecule has 2 aromatic rings. The zero-order valence-electron chi connectivity index (χ0n) is 13.0. The van der Waals surface area contributed by atoms with Gasteiger partial charge in [0.25, 0.3) is 11.6 Å². The molecule has 2 aromatic carbocycles. The molecule has 1 N–H and O–H groups in total. The van der Waals surface area contributed by atoms with Gasteiger partial charge in [-0.3, -0.25) is 14.9 Å². The molecule has 2 rings (SSSR count). The average Bonchev–Trinajstić information content (AvgIpc) is 2.57. The minimum atomic E-state index is -0.826. The summed E-state index contributed by atoms with van der Waals surface area (Å²) in [5, 5.41) is 13.6. The highest BCUT2D eigenvalue weighted by atomic mass is 79.9. The maximum Gasteiger partial charge on any atom is 0.296 e. The number of rotatable bonds is 6. The second-order valence-corrected chi connectivity index (χ2v) is 5.76. The van der Waals surface area contributed by atoms with E-state index in [1.165, 1.54) is 25.3 Å². The Hall–Kier alpha value is -2.61. The molecule has 8 heteroatoms. The second kappa shape index (κ2) is 7.78. The van der Waals surface area contributed by atoms with Gasteiger partial charge in [-0.2, -0.15) is 0 Å². The number of carbonyl (C=O) groups excluding carboxylic acids is 1. The number of benzene rings is 2. The van der Waals surface area contributed by atoms with Crippen LogP contribution >= 0.6 is 15.9 Å². The fourth-order valence-electron chi connectivity index (χ4n) is 1.90. The Morgan fingerprint density at radius 3 is 2.42 bits per heavy atom. The number of nitrogens with one attached hydrogen (secondary N) is 1. The Bertz CT molecular complexity index is 749. The predicted molar refractivity (Wildman–Crippen MR) is 92.5 cm³/mol. The second-order valence-electron chi connectivity index (χ2n) is 4.84. The Kier molecular flexibility index (Phi) is 5.75. The van der Waals surface area contributed by atoms with E-state index in [4.69, 9.17) is 9.47 Å². The van der Waals surface area contributed by atoms with E-state index in [9.17, 15) is 14.9 Å². The third kappa shape index (κ3) is 4.45. The number of nitrogens with zero attached hydrogens (tertiary/aromatic N) is 1. The summed E-state index contributed by atoms with van der Waals surface area (Å²) in [6, 6.07) is 11.2. The SMILES string of the molecule is COc1ccc(NC(=O)C(C)Oc2ccc(Br)cc2)c([N+](=O)[O-])c1. The molecular weight excluding hydrogens is 380 g/mol. The van der Waals surface area contributed by atoms with Crippen molar-refractivity contribution in [3.8, 4) is 11.5 Å². The summed E-state index contributed by atoms with van der Waals surface area (Å²) < 4.78 is 11.4. The van der Waals surface area contributed by atoms with Crippen molar-refractivity contribution in [2.75, 3.05) is 12.4 Å². The van der Waals surface area contributed by atoms with Crippen LogP contribution in [0.1, 0.15) is 6.92 Å². The number of hydrogen-bond acceptors (Lipinski definition) is 5. The molecule has 0 fully saturated rings. The fourth-order valence-corrected chi connectivity index (χ4v) is 2.16. The fraction of sp³-hybridized carbons (Fsp3) is 0.188. The molecule has 0 heterocycles. The van der Waals surface area contributed by atoms with Crippen LogP contribution in [-0.4, -0.2) is 24.0 Å². The van der Waals surface area contributed by atoms with Crippen LogP contribution < -0.4 is 14.8 Å². The number of nitro groups is 1. The first-order valence-electron chi connectivity index (χ1n) is 6.96. The number of ether oxygens (including phenoxy) is 2. The van der Waals surface area contributed by atoms with Crippen molar-refractivity contribution in [1.82, 2.24) is 0 Å². The third-order valence-corrected chi connectivity index (χ3v) is 3.68. The van der Waals surface area contributed by atoms with Gasteiger partial charge in [0.15, 0.2) is 6.10 Å². The van der Waals surface area contributed by atoms with Crippen LogP contribution in [0.3, 0.4) is 0 Å². The van der Waals surface area contributed by atoms with E-state index in [2.05, 4.69) is 21.2 Å². The molecule has 0 spiro atoms. The van der Waals surface area contributed by atoms with Gasteiger partial charge in [-0.05, 0) is 43.3 Å². The number of methoxy groups -OCH3 is 1. The topological polar surface area (TPSA) is 90.7 Å². The predicted octanol–water partition coefficient (Wildman–Crippen LogP) is 3.77. The number of nitro benzene ring substituents is 1. The molecule has 0 radical (unpaired) electrons. The molecule has 0 bridgehead atoms. The van der Waals surface area contributed by atoms with Gasteiger partial charge in [0.05, 0.1) is 18.1 Å². The van der Waals surface area contributed by atoms with Gasteiger partial charge in [0, 0.05) is 4.47 Å². The van der Waals surface area contributed by atoms with E-state index < -0.39 is 16.9 Å². The average molecular weight is 395 g/mol. The van der Waals surface area contributed by atoms with Gasteiger partial charge in [-0.25, -0.2) is 0 Å². The molecular formula is C16H15BrN2O5. The van der Waals surface area contributed by atoms with E-state index in [0.717, 1.165) is 4.47 Å². The summed E-state index contributed by atoms with van der Waals surface area (Å²) in [4.78, 5) is 22.8. The summed E-state index contributed by atoms with van der Waals surface area (Å²) in [5.41, 5.74) is -0.171. The molecule has 7 nitrogen and oxygen atoms in total. The van der Waals surface area contributed by atoms with Gasteiger partial charge >= 0.3 is 0 Å². The number of hydrogen-bond donors (Lipinski definition) is 1. The zero-order valence-corrected chi connectivity index (χ0v) is 14.6. The molecule has 0 aliphatic rings. The van der Waals surface area contributed by atoms with E-state index in [0.29, 0.717) is 11.5 Å². The van der Waals surface area contributed by atoms with Crippen LogP contribution in [0.4, 0.5) is 11.4 Å². The van der Waals surface area contributed by atoms with E-state index >= 15 is 0 Å². The lowest BCUT2D eigenvalue weighted by molar-refractivity contribution is -0.384. The molecule has 0 aliphatic heterocycles. The van der Waals surface area contributed by atoms with E-state index in [1.54, 1.807) is 31.2 Å². The minimum absolute atomic E-state index is 0.0806. The standard InChI is InChI=1S/C16H15BrN2O5/c1-10(24-12-5-3-11(17)4-6-12)16(20)18-14-8-7-13(23-2)9-15(14)19(21)22/h3-10H,1-2H3,(H,18,20). The Balaban J connectivity index is 2.11. The van der Waals surface area contributed by atoms with Gasteiger partial charge < -0.3 is 14.8 Å². The number of amides is 1. The Morgan fingerprint density at radius 2 is 1.83 bits per heavy atom. The van der Waals surface area contributed by atoms with Crippen molar-refractivity contribution in [1.29, 1.82) is 0 Å². The summed E-state index contributed by atoms with van der Waals surface area (Å²) in [7, 11) is 1.41. The lowest BCUT2D eigenvalue weighted by Crippen LogP contribution is -2.30. The number of anilines is 1. The third-order valence-electron chi connectivity index (χ3n) is 3.16. The minimum Gasteiger partial charge on any atom is -0.496 e. The van der Waals surface area contributed by atoms with Crippen molar-refractivity contribution in [2.45, 2.75) is 13.0 Å². The van der Waals surface area contributed by atoms with Crippen LogP contribution in [0.15, 0.2) is 46.9 Å². The van der Waals surface area contributed by atoms with Crippen LogP contribution in [-0.2, 0) is 4.79 Å². The quantitative estimate of drug-likeness (QED) is 0.594. The molecule has 0 saturated heterocycles. The van der Waals surface area contributed by atoms with Crippen LogP contribution in [0, 0.1) is 10.1 Å².